The Labute approximate surface area is 73.9 Å². The molecule has 1 saturated heterocycles. The van der Waals surface area contributed by atoms with E-state index in [2.05, 4.69) is 4.90 Å². The molecule has 1 aliphatic heterocycles. The summed E-state index contributed by atoms with van der Waals surface area (Å²) in [5, 5.41) is 0. The van der Waals surface area contributed by atoms with Gasteiger partial charge in [-0.3, -0.25) is 9.69 Å². The third-order valence-electron chi connectivity index (χ3n) is 3.02. The lowest BCUT2D eigenvalue weighted by molar-refractivity contribution is -0.122. The first-order valence-electron chi connectivity index (χ1n) is 5.03. The zero-order valence-corrected chi connectivity index (χ0v) is 7.75. The van der Waals surface area contributed by atoms with Crippen molar-refractivity contribution in [3.05, 3.63) is 0 Å². The molecule has 0 aromatic rings. The van der Waals surface area contributed by atoms with Gasteiger partial charge >= 0.3 is 0 Å². The molecule has 0 radical (unpaired) electrons. The standard InChI is InChI=1S/C10H17NO/c1-8(12)10(9-4-5-9)11-6-2-3-7-11/h9-10H,2-7H2,1H3. The highest BCUT2D eigenvalue weighted by molar-refractivity contribution is 5.82. The molecule has 0 bridgehead atoms. The molecule has 0 aromatic carbocycles. The van der Waals surface area contributed by atoms with E-state index in [-0.39, 0.29) is 6.04 Å². The molecule has 1 unspecified atom stereocenters. The first-order valence-corrected chi connectivity index (χ1v) is 5.03. The molecule has 2 nitrogen and oxygen atoms in total. The van der Waals surface area contributed by atoms with Gasteiger partial charge in [0.05, 0.1) is 6.04 Å². The van der Waals surface area contributed by atoms with Gasteiger partial charge < -0.3 is 0 Å². The predicted octanol–water partition coefficient (Wildman–Crippen LogP) is 1.45. The second kappa shape index (κ2) is 3.17. The zero-order valence-electron chi connectivity index (χ0n) is 7.75. The maximum Gasteiger partial charge on any atom is 0.147 e. The summed E-state index contributed by atoms with van der Waals surface area (Å²) in [5.41, 5.74) is 0. The predicted molar refractivity (Wildman–Crippen MR) is 48.0 cm³/mol. The molecular weight excluding hydrogens is 150 g/mol. The summed E-state index contributed by atoms with van der Waals surface area (Å²) in [6.45, 7) is 4.06. The molecule has 68 valence electrons. The highest BCUT2D eigenvalue weighted by Crippen LogP contribution is 2.36. The van der Waals surface area contributed by atoms with Gasteiger partial charge in [0.1, 0.15) is 5.78 Å². The minimum absolute atomic E-state index is 0.285. The number of carbonyl (C=O) groups excluding carboxylic acids is 1. The lowest BCUT2D eigenvalue weighted by atomic mass is 10.1. The average molecular weight is 167 g/mol. The highest BCUT2D eigenvalue weighted by atomic mass is 16.1. The molecular formula is C10H17NO. The van der Waals surface area contributed by atoms with Crippen LogP contribution in [0.1, 0.15) is 32.6 Å². The third kappa shape index (κ3) is 1.53. The fraction of sp³-hybridized carbons (Fsp3) is 0.900. The molecule has 2 aliphatic rings. The number of nitrogens with zero attached hydrogens (tertiary/aromatic N) is 1. The van der Waals surface area contributed by atoms with Gasteiger partial charge in [0.2, 0.25) is 0 Å². The van der Waals surface area contributed by atoms with Gasteiger partial charge in [-0.2, -0.15) is 0 Å². The minimum Gasteiger partial charge on any atom is -0.298 e. The molecule has 0 spiro atoms. The molecule has 0 aromatic heterocycles. The van der Waals surface area contributed by atoms with Crippen LogP contribution in [-0.2, 0) is 4.79 Å². The normalized spacial score (nSPS) is 27.4. The maximum absolute atomic E-state index is 11.4. The van der Waals surface area contributed by atoms with Crippen LogP contribution in [0.15, 0.2) is 0 Å². The van der Waals surface area contributed by atoms with Crippen LogP contribution in [0.2, 0.25) is 0 Å². The van der Waals surface area contributed by atoms with Crippen LogP contribution in [0.4, 0.5) is 0 Å². The van der Waals surface area contributed by atoms with Crippen molar-refractivity contribution in [3.8, 4) is 0 Å². The Morgan fingerprint density at radius 2 is 1.92 bits per heavy atom. The number of hydrogen-bond acceptors (Lipinski definition) is 2. The van der Waals surface area contributed by atoms with Gasteiger partial charge in [-0.15, -0.1) is 0 Å². The number of carbonyl (C=O) groups is 1. The molecule has 1 atom stereocenters. The van der Waals surface area contributed by atoms with Crippen molar-refractivity contribution in [3.63, 3.8) is 0 Å². The summed E-state index contributed by atoms with van der Waals surface area (Å²) in [5.74, 6) is 1.10. The number of likely N-dealkylation sites (tertiary alicyclic amines) is 1. The molecule has 2 rings (SSSR count). The van der Waals surface area contributed by atoms with Crippen LogP contribution in [0.25, 0.3) is 0 Å². The fourth-order valence-corrected chi connectivity index (χ4v) is 2.32. The molecule has 1 heterocycles. The average Bonchev–Trinajstić information content (AvgIpc) is 2.65. The maximum atomic E-state index is 11.4. The Bertz CT molecular complexity index is 180. The Balaban J connectivity index is 1.99. The largest absolute Gasteiger partial charge is 0.298 e. The van der Waals surface area contributed by atoms with Crippen LogP contribution in [0.3, 0.4) is 0 Å². The van der Waals surface area contributed by atoms with Crippen molar-refractivity contribution in [1.82, 2.24) is 4.90 Å². The van der Waals surface area contributed by atoms with Crippen molar-refractivity contribution in [1.29, 1.82) is 0 Å². The van der Waals surface area contributed by atoms with Crippen molar-refractivity contribution < 1.29 is 4.79 Å². The van der Waals surface area contributed by atoms with Crippen LogP contribution in [0, 0.1) is 5.92 Å². The second-order valence-electron chi connectivity index (χ2n) is 4.14. The van der Waals surface area contributed by atoms with Gasteiger partial charge in [0, 0.05) is 0 Å². The monoisotopic (exact) mass is 167 g/mol. The van der Waals surface area contributed by atoms with Gasteiger partial charge in [0.25, 0.3) is 0 Å². The van der Waals surface area contributed by atoms with Crippen molar-refractivity contribution >= 4 is 5.78 Å². The molecule has 12 heavy (non-hydrogen) atoms. The highest BCUT2D eigenvalue weighted by Gasteiger charge is 2.38. The zero-order chi connectivity index (χ0) is 8.55. The lowest BCUT2D eigenvalue weighted by Gasteiger charge is -2.24. The number of rotatable bonds is 3. The Morgan fingerprint density at radius 1 is 1.33 bits per heavy atom. The molecule has 2 fully saturated rings. The van der Waals surface area contributed by atoms with Gasteiger partial charge in [0.15, 0.2) is 0 Å². The molecule has 1 saturated carbocycles. The van der Waals surface area contributed by atoms with Gasteiger partial charge in [-0.25, -0.2) is 0 Å². The van der Waals surface area contributed by atoms with E-state index in [1.807, 2.05) is 0 Å². The fourth-order valence-electron chi connectivity index (χ4n) is 2.32. The van der Waals surface area contributed by atoms with E-state index in [9.17, 15) is 4.79 Å². The summed E-state index contributed by atoms with van der Waals surface area (Å²) in [6.07, 6.45) is 5.13. The van der Waals surface area contributed by atoms with Crippen molar-refractivity contribution in [2.24, 2.45) is 5.92 Å². The van der Waals surface area contributed by atoms with E-state index in [1.165, 1.54) is 25.7 Å². The smallest absolute Gasteiger partial charge is 0.147 e. The summed E-state index contributed by atoms with van der Waals surface area (Å²) >= 11 is 0. The van der Waals surface area contributed by atoms with Gasteiger partial charge in [-0.05, 0) is 51.6 Å². The Kier molecular flexibility index (Phi) is 2.18. The first-order chi connectivity index (χ1) is 5.79. The third-order valence-corrected chi connectivity index (χ3v) is 3.02. The van der Waals surface area contributed by atoms with Crippen molar-refractivity contribution in [2.45, 2.75) is 38.6 Å². The molecule has 0 N–H and O–H groups in total. The summed E-state index contributed by atoms with van der Waals surface area (Å²) < 4.78 is 0. The van der Waals surface area contributed by atoms with Gasteiger partial charge in [-0.1, -0.05) is 0 Å². The van der Waals surface area contributed by atoms with E-state index in [0.29, 0.717) is 11.7 Å². The molecule has 2 heteroatoms. The quantitative estimate of drug-likeness (QED) is 0.634. The summed E-state index contributed by atoms with van der Waals surface area (Å²) in [7, 11) is 0. The van der Waals surface area contributed by atoms with Crippen LogP contribution in [-0.4, -0.2) is 29.8 Å². The minimum atomic E-state index is 0.285. The van der Waals surface area contributed by atoms with Crippen LogP contribution in [0.5, 0.6) is 0 Å². The summed E-state index contributed by atoms with van der Waals surface area (Å²) in [4.78, 5) is 13.8. The molecule has 1 aliphatic carbocycles. The van der Waals surface area contributed by atoms with E-state index < -0.39 is 0 Å². The second-order valence-corrected chi connectivity index (χ2v) is 4.14. The van der Waals surface area contributed by atoms with E-state index in [0.717, 1.165) is 13.1 Å². The van der Waals surface area contributed by atoms with Crippen LogP contribution < -0.4 is 0 Å². The Hall–Kier alpha value is -0.370. The lowest BCUT2D eigenvalue weighted by Crippen LogP contribution is -2.39. The van der Waals surface area contributed by atoms with E-state index in [1.54, 1.807) is 6.92 Å². The molecule has 0 amide bonds. The summed E-state index contributed by atoms with van der Waals surface area (Å²) in [6, 6.07) is 0.285. The van der Waals surface area contributed by atoms with E-state index >= 15 is 0 Å². The number of Topliss-reactive ketones (excluding diaryl/α,β-unsaturated/α-hetero) is 1. The Morgan fingerprint density at radius 3 is 2.33 bits per heavy atom. The SMILES string of the molecule is CC(=O)C(C1CC1)N1CCCC1. The first kappa shape index (κ1) is 8.24. The van der Waals surface area contributed by atoms with Crippen molar-refractivity contribution in [2.75, 3.05) is 13.1 Å². The topological polar surface area (TPSA) is 20.3 Å². The van der Waals surface area contributed by atoms with E-state index in [4.69, 9.17) is 0 Å². The number of ketones is 1. The number of hydrogen-bond donors (Lipinski definition) is 0. The van der Waals surface area contributed by atoms with Crippen LogP contribution >= 0.6 is 0 Å².